The molecule has 2 nitrogen and oxygen atoms in total. The number of carbonyl (C=O) groups excluding carboxylic acids is 2. The van der Waals surface area contributed by atoms with Gasteiger partial charge in [0, 0.05) is 34.5 Å². The molecule has 0 aromatic heterocycles. The third kappa shape index (κ3) is 1.72. The van der Waals surface area contributed by atoms with E-state index in [1.807, 2.05) is 12.5 Å². The maximum Gasteiger partial charge on any atom is 0.161 e. The minimum Gasteiger partial charge on any atom is -0.300 e. The van der Waals surface area contributed by atoms with Crippen LogP contribution in [0.15, 0.2) is 9.81 Å². The van der Waals surface area contributed by atoms with Crippen molar-refractivity contribution < 1.29 is 9.59 Å². The molecule has 0 saturated heterocycles. The van der Waals surface area contributed by atoms with E-state index in [0.717, 1.165) is 9.81 Å². The molecule has 0 heterocycles. The summed E-state index contributed by atoms with van der Waals surface area (Å²) in [6.45, 7) is 4.20. The fraction of sp³-hybridized carbons (Fsp3) is 0.692. The van der Waals surface area contributed by atoms with Crippen molar-refractivity contribution in [2.24, 2.45) is 10.8 Å². The first-order valence-electron chi connectivity index (χ1n) is 5.75. The predicted molar refractivity (Wildman–Crippen MR) is 74.1 cm³/mol. The van der Waals surface area contributed by atoms with Crippen LogP contribution in [0.4, 0.5) is 0 Å². The molecule has 2 fully saturated rings. The standard InChI is InChI=1S/C13H18O2S2/c1-12-5-8(14)6-13(12,2)10(9(15)7-12)11(16-3)17-4/h5-7H2,1-4H3/t12-,13+/m1/s1. The Morgan fingerprint density at radius 1 is 1.06 bits per heavy atom. The minimum atomic E-state index is -0.234. The third-order valence-corrected chi connectivity index (χ3v) is 6.58. The normalized spacial score (nSPS) is 36.6. The van der Waals surface area contributed by atoms with Gasteiger partial charge in [0.05, 0.1) is 0 Å². The van der Waals surface area contributed by atoms with Crippen LogP contribution in [-0.4, -0.2) is 24.1 Å². The topological polar surface area (TPSA) is 34.1 Å². The van der Waals surface area contributed by atoms with Crippen LogP contribution in [0.1, 0.15) is 33.1 Å². The summed E-state index contributed by atoms with van der Waals surface area (Å²) < 4.78 is 1.09. The number of hydrogen-bond donors (Lipinski definition) is 0. The van der Waals surface area contributed by atoms with E-state index in [9.17, 15) is 9.59 Å². The predicted octanol–water partition coefficient (Wildman–Crippen LogP) is 3.27. The second-order valence-electron chi connectivity index (χ2n) is 5.46. The highest BCUT2D eigenvalue weighted by atomic mass is 32.2. The van der Waals surface area contributed by atoms with Gasteiger partial charge in [-0.25, -0.2) is 0 Å². The fourth-order valence-corrected chi connectivity index (χ4v) is 5.08. The van der Waals surface area contributed by atoms with Crippen LogP contribution in [0.25, 0.3) is 0 Å². The summed E-state index contributed by atoms with van der Waals surface area (Å²) >= 11 is 3.26. The molecule has 0 amide bonds. The van der Waals surface area contributed by atoms with Gasteiger partial charge in [-0.2, -0.15) is 0 Å². The Kier molecular flexibility index (Phi) is 3.24. The smallest absolute Gasteiger partial charge is 0.161 e. The van der Waals surface area contributed by atoms with Crippen LogP contribution in [0.5, 0.6) is 0 Å². The number of fused-ring (bicyclic) bond motifs is 1. The van der Waals surface area contributed by atoms with Crippen molar-refractivity contribution >= 4 is 35.1 Å². The van der Waals surface area contributed by atoms with Crippen molar-refractivity contribution in [3.8, 4) is 0 Å². The molecule has 2 atom stereocenters. The van der Waals surface area contributed by atoms with Crippen LogP contribution >= 0.6 is 23.5 Å². The Labute approximate surface area is 111 Å². The molecule has 2 aliphatic rings. The number of ketones is 2. The van der Waals surface area contributed by atoms with Gasteiger partial charge in [0.1, 0.15) is 5.78 Å². The second-order valence-corrected chi connectivity index (χ2v) is 7.35. The minimum absolute atomic E-state index is 0.146. The van der Waals surface area contributed by atoms with E-state index < -0.39 is 0 Å². The summed E-state index contributed by atoms with van der Waals surface area (Å²) in [7, 11) is 0. The van der Waals surface area contributed by atoms with Gasteiger partial charge in [0.2, 0.25) is 0 Å². The lowest BCUT2D eigenvalue weighted by atomic mass is 9.69. The van der Waals surface area contributed by atoms with Crippen molar-refractivity contribution in [3.05, 3.63) is 9.81 Å². The van der Waals surface area contributed by atoms with Gasteiger partial charge in [-0.15, -0.1) is 23.5 Å². The molecule has 2 aliphatic carbocycles. The summed E-state index contributed by atoms with van der Waals surface area (Å²) in [4.78, 5) is 24.0. The largest absolute Gasteiger partial charge is 0.300 e. The maximum atomic E-state index is 12.3. The first-order valence-corrected chi connectivity index (χ1v) is 8.20. The molecule has 2 rings (SSSR count). The van der Waals surface area contributed by atoms with E-state index in [0.29, 0.717) is 25.0 Å². The summed E-state index contributed by atoms with van der Waals surface area (Å²) in [5.41, 5.74) is 0.543. The number of thioether (sulfide) groups is 2. The molecule has 4 heteroatoms. The SMILES string of the molecule is CSC(SC)=C1C(=O)C[C@@]2(C)CC(=O)C[C@@]12C. The lowest BCUT2D eigenvalue weighted by molar-refractivity contribution is -0.119. The van der Waals surface area contributed by atoms with E-state index >= 15 is 0 Å². The van der Waals surface area contributed by atoms with Gasteiger partial charge in [0.15, 0.2) is 5.78 Å². The highest BCUT2D eigenvalue weighted by Crippen LogP contribution is 2.64. The first-order chi connectivity index (χ1) is 7.88. The van der Waals surface area contributed by atoms with E-state index in [2.05, 4.69) is 13.8 Å². The number of Topliss-reactive ketones (excluding diaryl/α,β-unsaturated/α-hetero) is 2. The number of hydrogen-bond acceptors (Lipinski definition) is 4. The van der Waals surface area contributed by atoms with Crippen molar-refractivity contribution in [3.63, 3.8) is 0 Å². The number of allylic oxidation sites excluding steroid dienone is 1. The van der Waals surface area contributed by atoms with Crippen molar-refractivity contribution in [2.45, 2.75) is 33.1 Å². The van der Waals surface area contributed by atoms with E-state index in [-0.39, 0.29) is 16.6 Å². The molecule has 17 heavy (non-hydrogen) atoms. The second kappa shape index (κ2) is 4.16. The Balaban J connectivity index is 2.58. The lowest BCUT2D eigenvalue weighted by Crippen LogP contribution is -2.27. The van der Waals surface area contributed by atoms with Crippen LogP contribution in [0.3, 0.4) is 0 Å². The number of rotatable bonds is 2. The molecule has 0 aromatic rings. The average Bonchev–Trinajstić information content (AvgIpc) is 2.53. The molecule has 0 spiro atoms. The highest BCUT2D eigenvalue weighted by molar-refractivity contribution is 8.21. The van der Waals surface area contributed by atoms with Gasteiger partial charge >= 0.3 is 0 Å². The van der Waals surface area contributed by atoms with Crippen molar-refractivity contribution in [1.82, 2.24) is 0 Å². The van der Waals surface area contributed by atoms with E-state index in [1.165, 1.54) is 0 Å². The summed E-state index contributed by atoms with van der Waals surface area (Å²) in [5, 5.41) is 0. The van der Waals surface area contributed by atoms with Gasteiger partial charge in [-0.3, -0.25) is 9.59 Å². The van der Waals surface area contributed by atoms with Crippen LogP contribution < -0.4 is 0 Å². The third-order valence-electron chi connectivity index (χ3n) is 4.43. The van der Waals surface area contributed by atoms with Crippen LogP contribution in [-0.2, 0) is 9.59 Å². The Morgan fingerprint density at radius 3 is 2.18 bits per heavy atom. The maximum absolute atomic E-state index is 12.3. The fourth-order valence-electron chi connectivity index (χ4n) is 3.33. The van der Waals surface area contributed by atoms with Crippen molar-refractivity contribution in [2.75, 3.05) is 12.5 Å². The van der Waals surface area contributed by atoms with E-state index in [4.69, 9.17) is 0 Å². The quantitative estimate of drug-likeness (QED) is 0.721. The Hall–Kier alpha value is -0.220. The van der Waals surface area contributed by atoms with Crippen LogP contribution in [0, 0.1) is 10.8 Å². The van der Waals surface area contributed by atoms with Gasteiger partial charge in [-0.05, 0) is 17.9 Å². The average molecular weight is 270 g/mol. The highest BCUT2D eigenvalue weighted by Gasteiger charge is 2.61. The molecule has 0 aromatic carbocycles. The molecule has 0 radical (unpaired) electrons. The monoisotopic (exact) mass is 270 g/mol. The molecule has 0 unspecified atom stereocenters. The zero-order valence-electron chi connectivity index (χ0n) is 10.8. The first kappa shape index (κ1) is 13.2. The van der Waals surface area contributed by atoms with Gasteiger partial charge < -0.3 is 0 Å². The van der Waals surface area contributed by atoms with Crippen molar-refractivity contribution in [1.29, 1.82) is 0 Å². The molecule has 0 N–H and O–H groups in total. The molecule has 0 bridgehead atoms. The molecule has 2 saturated carbocycles. The molecule has 0 aliphatic heterocycles. The Morgan fingerprint density at radius 2 is 1.65 bits per heavy atom. The van der Waals surface area contributed by atoms with Gasteiger partial charge in [0.25, 0.3) is 0 Å². The molecule has 94 valence electrons. The Bertz CT molecular complexity index is 421. The zero-order valence-corrected chi connectivity index (χ0v) is 12.4. The lowest BCUT2D eigenvalue weighted by Gasteiger charge is -2.33. The van der Waals surface area contributed by atoms with E-state index in [1.54, 1.807) is 23.5 Å². The summed E-state index contributed by atoms with van der Waals surface area (Å²) in [5.74, 6) is 0.558. The van der Waals surface area contributed by atoms with Crippen LogP contribution in [0.2, 0.25) is 0 Å². The number of carbonyl (C=O) groups is 2. The molecular weight excluding hydrogens is 252 g/mol. The summed E-state index contributed by atoms with van der Waals surface area (Å²) in [6.07, 6.45) is 5.64. The van der Waals surface area contributed by atoms with Gasteiger partial charge in [-0.1, -0.05) is 13.8 Å². The zero-order chi connectivity index (χ0) is 12.8. The summed E-state index contributed by atoms with van der Waals surface area (Å²) in [6, 6.07) is 0. The molecular formula is C13H18O2S2.